The van der Waals surface area contributed by atoms with Gasteiger partial charge in [0.15, 0.2) is 0 Å². The van der Waals surface area contributed by atoms with Gasteiger partial charge in [0.05, 0.1) is 5.57 Å². The second-order valence-corrected chi connectivity index (χ2v) is 5.51. The van der Waals surface area contributed by atoms with E-state index in [4.69, 9.17) is 0 Å². The number of halogens is 4. The Morgan fingerprint density at radius 1 is 0.850 bits per heavy atom. The van der Waals surface area contributed by atoms with E-state index in [0.717, 1.165) is 5.56 Å². The van der Waals surface area contributed by atoms with Crippen molar-refractivity contribution in [3.8, 4) is 0 Å². The van der Waals surface area contributed by atoms with E-state index in [0.29, 0.717) is 5.56 Å². The molecule has 2 aromatic rings. The lowest BCUT2D eigenvalue weighted by Crippen LogP contribution is -2.10. The minimum absolute atomic E-state index is 0.192. The second kappa shape index (κ2) is 4.77. The van der Waals surface area contributed by atoms with Crippen molar-refractivity contribution in [3.05, 3.63) is 75.8 Å². The lowest BCUT2D eigenvalue weighted by atomic mass is 9.93. The van der Waals surface area contributed by atoms with Crippen LogP contribution in [0.15, 0.2) is 59.1 Å². The summed E-state index contributed by atoms with van der Waals surface area (Å²) in [6.45, 7) is 0. The van der Waals surface area contributed by atoms with Gasteiger partial charge in [-0.1, -0.05) is 70.5 Å². The van der Waals surface area contributed by atoms with Crippen LogP contribution < -0.4 is 0 Å². The number of benzene rings is 2. The van der Waals surface area contributed by atoms with Crippen LogP contribution in [0.25, 0.3) is 5.57 Å². The number of hydrogen-bond donors (Lipinski definition) is 0. The second-order valence-electron chi connectivity index (χ2n) is 4.65. The Morgan fingerprint density at radius 2 is 1.45 bits per heavy atom. The van der Waals surface area contributed by atoms with Crippen LogP contribution in [0.3, 0.4) is 0 Å². The SMILES string of the molecule is FC(F)(F)C1=C(Br)C(c2ccccc2)c2ccccc21. The fourth-order valence-electron chi connectivity index (χ4n) is 2.65. The first-order valence-corrected chi connectivity index (χ1v) is 6.90. The molecule has 0 aliphatic heterocycles. The molecule has 0 aromatic heterocycles. The van der Waals surface area contributed by atoms with E-state index in [1.54, 1.807) is 18.2 Å². The predicted octanol–water partition coefficient (Wildman–Crippen LogP) is 5.50. The third-order valence-electron chi connectivity index (χ3n) is 3.45. The maximum absolute atomic E-state index is 13.3. The summed E-state index contributed by atoms with van der Waals surface area (Å²) in [6, 6.07) is 15.9. The monoisotopic (exact) mass is 338 g/mol. The van der Waals surface area contributed by atoms with Gasteiger partial charge in [0.2, 0.25) is 0 Å². The Bertz CT molecular complexity index is 672. The van der Waals surface area contributed by atoms with Gasteiger partial charge in [0.25, 0.3) is 0 Å². The fraction of sp³-hybridized carbons (Fsp3) is 0.125. The van der Waals surface area contributed by atoms with Crippen LogP contribution in [0.1, 0.15) is 22.6 Å². The minimum Gasteiger partial charge on any atom is -0.166 e. The summed E-state index contributed by atoms with van der Waals surface area (Å²) in [7, 11) is 0. The van der Waals surface area contributed by atoms with Gasteiger partial charge >= 0.3 is 6.18 Å². The summed E-state index contributed by atoms with van der Waals surface area (Å²) >= 11 is 3.18. The highest BCUT2D eigenvalue weighted by Gasteiger charge is 2.44. The fourth-order valence-corrected chi connectivity index (χ4v) is 3.59. The highest BCUT2D eigenvalue weighted by molar-refractivity contribution is 9.11. The molecule has 2 aromatic carbocycles. The first kappa shape index (κ1) is 13.4. The largest absolute Gasteiger partial charge is 0.417 e. The molecule has 0 N–H and O–H groups in total. The summed E-state index contributed by atoms with van der Waals surface area (Å²) < 4.78 is 40.1. The molecule has 1 aliphatic carbocycles. The van der Waals surface area contributed by atoms with Crippen LogP contribution in [0.5, 0.6) is 0 Å². The van der Waals surface area contributed by atoms with Crippen LogP contribution in [0, 0.1) is 0 Å². The Balaban J connectivity index is 2.24. The van der Waals surface area contributed by atoms with Gasteiger partial charge in [-0.05, 0) is 16.7 Å². The molecule has 0 heterocycles. The molecule has 0 radical (unpaired) electrons. The molecule has 102 valence electrons. The van der Waals surface area contributed by atoms with Crippen molar-refractivity contribution < 1.29 is 13.2 Å². The molecule has 0 spiro atoms. The van der Waals surface area contributed by atoms with Gasteiger partial charge in [-0.2, -0.15) is 13.2 Å². The van der Waals surface area contributed by atoms with Gasteiger partial charge in [0, 0.05) is 10.4 Å². The molecule has 1 unspecified atom stereocenters. The van der Waals surface area contributed by atoms with Crippen molar-refractivity contribution in [3.63, 3.8) is 0 Å². The average Bonchev–Trinajstić information content (AvgIpc) is 2.71. The molecule has 0 saturated heterocycles. The van der Waals surface area contributed by atoms with Gasteiger partial charge < -0.3 is 0 Å². The van der Waals surface area contributed by atoms with E-state index >= 15 is 0 Å². The van der Waals surface area contributed by atoms with Crippen LogP contribution in [0.4, 0.5) is 13.2 Å². The molecular weight excluding hydrogens is 329 g/mol. The molecule has 1 atom stereocenters. The minimum atomic E-state index is -4.36. The first-order chi connectivity index (χ1) is 9.50. The molecular formula is C16H10BrF3. The Labute approximate surface area is 123 Å². The van der Waals surface area contributed by atoms with Gasteiger partial charge in [-0.3, -0.25) is 0 Å². The molecule has 0 bridgehead atoms. The number of allylic oxidation sites excluding steroid dienone is 2. The van der Waals surface area contributed by atoms with Crippen molar-refractivity contribution in [2.24, 2.45) is 0 Å². The molecule has 3 rings (SSSR count). The zero-order valence-corrected chi connectivity index (χ0v) is 11.9. The maximum Gasteiger partial charge on any atom is 0.417 e. The average molecular weight is 339 g/mol. The van der Waals surface area contributed by atoms with E-state index in [9.17, 15) is 13.2 Å². The van der Waals surface area contributed by atoms with Crippen molar-refractivity contribution in [2.45, 2.75) is 12.1 Å². The standard InChI is InChI=1S/C16H10BrF3/c17-15-13(10-6-2-1-3-7-10)11-8-4-5-9-12(11)14(15)16(18,19)20/h1-9,13H. The molecule has 1 aliphatic rings. The van der Waals surface area contributed by atoms with Crippen molar-refractivity contribution in [2.75, 3.05) is 0 Å². The third kappa shape index (κ3) is 2.08. The smallest absolute Gasteiger partial charge is 0.166 e. The lowest BCUT2D eigenvalue weighted by Gasteiger charge is -2.13. The van der Waals surface area contributed by atoms with Crippen molar-refractivity contribution in [1.29, 1.82) is 0 Å². The highest BCUT2D eigenvalue weighted by Crippen LogP contribution is 2.53. The maximum atomic E-state index is 13.3. The summed E-state index contributed by atoms with van der Waals surface area (Å²) in [4.78, 5) is 0. The number of fused-ring (bicyclic) bond motifs is 1. The molecule has 4 heteroatoms. The molecule has 0 saturated carbocycles. The molecule has 0 fully saturated rings. The van der Waals surface area contributed by atoms with E-state index < -0.39 is 11.7 Å². The lowest BCUT2D eigenvalue weighted by molar-refractivity contribution is -0.0689. The summed E-state index contributed by atoms with van der Waals surface area (Å²) in [5.41, 5.74) is 1.24. The number of rotatable bonds is 1. The number of hydrogen-bond acceptors (Lipinski definition) is 0. The van der Waals surface area contributed by atoms with E-state index in [-0.39, 0.29) is 16.0 Å². The Hall–Kier alpha value is -1.55. The normalized spacial score (nSPS) is 18.3. The molecule has 20 heavy (non-hydrogen) atoms. The van der Waals surface area contributed by atoms with E-state index in [1.807, 2.05) is 30.3 Å². The third-order valence-corrected chi connectivity index (χ3v) is 4.30. The van der Waals surface area contributed by atoms with Gasteiger partial charge in [0.1, 0.15) is 0 Å². The molecule has 0 nitrogen and oxygen atoms in total. The van der Waals surface area contributed by atoms with Crippen molar-refractivity contribution in [1.82, 2.24) is 0 Å². The Kier molecular flexibility index (Phi) is 3.21. The van der Waals surface area contributed by atoms with Crippen molar-refractivity contribution >= 4 is 21.5 Å². The summed E-state index contributed by atoms with van der Waals surface area (Å²) in [6.07, 6.45) is -4.36. The van der Waals surface area contributed by atoms with E-state index in [1.165, 1.54) is 6.07 Å². The zero-order chi connectivity index (χ0) is 14.3. The predicted molar refractivity (Wildman–Crippen MR) is 76.6 cm³/mol. The zero-order valence-electron chi connectivity index (χ0n) is 10.3. The summed E-state index contributed by atoms with van der Waals surface area (Å²) in [5, 5.41) is 0. The van der Waals surface area contributed by atoms with Gasteiger partial charge in [-0.15, -0.1) is 0 Å². The van der Waals surface area contributed by atoms with Gasteiger partial charge in [-0.25, -0.2) is 0 Å². The van der Waals surface area contributed by atoms with E-state index in [2.05, 4.69) is 15.9 Å². The quantitative estimate of drug-likeness (QED) is 0.644. The van der Waals surface area contributed by atoms with Crippen LogP contribution in [0.2, 0.25) is 0 Å². The van der Waals surface area contributed by atoms with Crippen LogP contribution in [-0.2, 0) is 0 Å². The van der Waals surface area contributed by atoms with Crippen LogP contribution >= 0.6 is 15.9 Å². The topological polar surface area (TPSA) is 0 Å². The summed E-state index contributed by atoms with van der Waals surface area (Å²) in [5.74, 6) is -0.385. The number of alkyl halides is 3. The molecule has 0 amide bonds. The first-order valence-electron chi connectivity index (χ1n) is 6.11. The highest BCUT2D eigenvalue weighted by atomic mass is 79.9. The van der Waals surface area contributed by atoms with Crippen LogP contribution in [-0.4, -0.2) is 6.18 Å². The Morgan fingerprint density at radius 3 is 2.10 bits per heavy atom.